The standard InChI is InChI=1S/C17H31NO3/c1-3-4-6-11-15(17(20)21)13(2)12-16(19)18-14-9-7-5-8-10-14/h13-15H,3-12H2,1-2H3,(H,18,19)(H,20,21)/t13-,15-/m1/s1. The number of carboxylic acid groups (broad SMARTS) is 1. The van der Waals surface area contributed by atoms with Crippen molar-refractivity contribution in [3.05, 3.63) is 0 Å². The summed E-state index contributed by atoms with van der Waals surface area (Å²) in [5.74, 6) is -1.23. The molecule has 2 atom stereocenters. The molecule has 0 heterocycles. The zero-order valence-electron chi connectivity index (χ0n) is 13.6. The average molecular weight is 297 g/mol. The zero-order valence-corrected chi connectivity index (χ0v) is 13.6. The molecule has 1 amide bonds. The normalized spacial score (nSPS) is 19.0. The molecule has 122 valence electrons. The summed E-state index contributed by atoms with van der Waals surface area (Å²) < 4.78 is 0. The highest BCUT2D eigenvalue weighted by molar-refractivity contribution is 5.78. The minimum absolute atomic E-state index is 0.0242. The van der Waals surface area contributed by atoms with Gasteiger partial charge in [0.05, 0.1) is 5.92 Å². The van der Waals surface area contributed by atoms with Gasteiger partial charge in [-0.2, -0.15) is 0 Å². The van der Waals surface area contributed by atoms with Crippen LogP contribution in [-0.4, -0.2) is 23.0 Å². The van der Waals surface area contributed by atoms with Gasteiger partial charge in [0.15, 0.2) is 0 Å². The minimum Gasteiger partial charge on any atom is -0.481 e. The van der Waals surface area contributed by atoms with Gasteiger partial charge in [0, 0.05) is 12.5 Å². The van der Waals surface area contributed by atoms with Gasteiger partial charge >= 0.3 is 5.97 Å². The Balaban J connectivity index is 2.37. The number of amides is 1. The second-order valence-corrected chi connectivity index (χ2v) is 6.52. The van der Waals surface area contributed by atoms with E-state index in [9.17, 15) is 14.7 Å². The molecule has 0 aromatic carbocycles. The van der Waals surface area contributed by atoms with Gasteiger partial charge in [-0.05, 0) is 25.2 Å². The van der Waals surface area contributed by atoms with Crippen LogP contribution in [0.3, 0.4) is 0 Å². The maximum atomic E-state index is 12.1. The van der Waals surface area contributed by atoms with Crippen LogP contribution < -0.4 is 5.32 Å². The lowest BCUT2D eigenvalue weighted by Gasteiger charge is -2.25. The zero-order chi connectivity index (χ0) is 15.7. The maximum absolute atomic E-state index is 12.1. The van der Waals surface area contributed by atoms with E-state index in [1.807, 2.05) is 6.92 Å². The Morgan fingerprint density at radius 3 is 2.43 bits per heavy atom. The molecule has 4 nitrogen and oxygen atoms in total. The number of carboxylic acids is 1. The van der Waals surface area contributed by atoms with E-state index < -0.39 is 11.9 Å². The number of nitrogens with one attached hydrogen (secondary N) is 1. The fraction of sp³-hybridized carbons (Fsp3) is 0.882. The number of rotatable bonds is 9. The highest BCUT2D eigenvalue weighted by atomic mass is 16.4. The molecule has 4 heteroatoms. The number of hydrogen-bond acceptors (Lipinski definition) is 2. The lowest BCUT2D eigenvalue weighted by atomic mass is 9.86. The number of unbranched alkanes of at least 4 members (excludes halogenated alkanes) is 2. The lowest BCUT2D eigenvalue weighted by Crippen LogP contribution is -2.38. The Kier molecular flexibility index (Phi) is 8.40. The first kappa shape index (κ1) is 18.0. The molecule has 0 saturated heterocycles. The summed E-state index contributed by atoms with van der Waals surface area (Å²) in [4.78, 5) is 23.4. The van der Waals surface area contributed by atoms with Gasteiger partial charge in [-0.25, -0.2) is 0 Å². The van der Waals surface area contributed by atoms with Crippen molar-refractivity contribution in [2.75, 3.05) is 0 Å². The van der Waals surface area contributed by atoms with Crippen LogP contribution in [-0.2, 0) is 9.59 Å². The largest absolute Gasteiger partial charge is 0.481 e. The third-order valence-corrected chi connectivity index (χ3v) is 4.60. The first-order valence-corrected chi connectivity index (χ1v) is 8.56. The Morgan fingerprint density at radius 1 is 1.19 bits per heavy atom. The van der Waals surface area contributed by atoms with E-state index in [0.29, 0.717) is 18.9 Å². The Hall–Kier alpha value is -1.06. The Labute approximate surface area is 128 Å². The number of carbonyl (C=O) groups excluding carboxylic acids is 1. The third-order valence-electron chi connectivity index (χ3n) is 4.60. The maximum Gasteiger partial charge on any atom is 0.306 e. The third kappa shape index (κ3) is 6.96. The summed E-state index contributed by atoms with van der Waals surface area (Å²) in [5.41, 5.74) is 0. The van der Waals surface area contributed by atoms with Crippen molar-refractivity contribution in [2.45, 2.75) is 84.1 Å². The molecule has 0 spiro atoms. The molecule has 1 fully saturated rings. The first-order valence-electron chi connectivity index (χ1n) is 8.56. The second kappa shape index (κ2) is 9.80. The smallest absolute Gasteiger partial charge is 0.306 e. The summed E-state index contributed by atoms with van der Waals surface area (Å²) in [6.45, 7) is 4.00. The number of aliphatic carboxylic acids is 1. The summed E-state index contributed by atoms with van der Waals surface area (Å²) in [7, 11) is 0. The molecule has 1 rings (SSSR count). The van der Waals surface area contributed by atoms with Crippen molar-refractivity contribution in [3.63, 3.8) is 0 Å². The van der Waals surface area contributed by atoms with Gasteiger partial charge in [-0.15, -0.1) is 0 Å². The highest BCUT2D eigenvalue weighted by Crippen LogP contribution is 2.23. The molecule has 0 aromatic heterocycles. The van der Waals surface area contributed by atoms with E-state index in [2.05, 4.69) is 12.2 Å². The van der Waals surface area contributed by atoms with Gasteiger partial charge in [0.2, 0.25) is 5.91 Å². The van der Waals surface area contributed by atoms with Gasteiger partial charge in [-0.1, -0.05) is 52.4 Å². The molecular formula is C17H31NO3. The minimum atomic E-state index is -0.760. The predicted octanol–water partition coefficient (Wildman–Crippen LogP) is 3.74. The molecule has 1 aliphatic rings. The topological polar surface area (TPSA) is 66.4 Å². The van der Waals surface area contributed by atoms with Crippen molar-refractivity contribution >= 4 is 11.9 Å². The van der Waals surface area contributed by atoms with Crippen LogP contribution in [0.4, 0.5) is 0 Å². The van der Waals surface area contributed by atoms with E-state index in [1.54, 1.807) is 0 Å². The van der Waals surface area contributed by atoms with E-state index in [4.69, 9.17) is 0 Å². The van der Waals surface area contributed by atoms with Crippen molar-refractivity contribution in [1.29, 1.82) is 0 Å². The monoisotopic (exact) mass is 297 g/mol. The Bertz CT molecular complexity index is 324. The van der Waals surface area contributed by atoms with Crippen LogP contribution in [0.25, 0.3) is 0 Å². The van der Waals surface area contributed by atoms with Crippen LogP contribution in [0, 0.1) is 11.8 Å². The van der Waals surface area contributed by atoms with Gasteiger partial charge in [-0.3, -0.25) is 9.59 Å². The quantitative estimate of drug-likeness (QED) is 0.637. The molecule has 2 N–H and O–H groups in total. The molecule has 0 radical (unpaired) electrons. The molecule has 1 aliphatic carbocycles. The predicted molar refractivity (Wildman–Crippen MR) is 84.1 cm³/mol. The lowest BCUT2D eigenvalue weighted by molar-refractivity contribution is -0.144. The SMILES string of the molecule is CCCCC[C@@H](C(=O)O)[C@H](C)CC(=O)NC1CCCCC1. The van der Waals surface area contributed by atoms with Crippen molar-refractivity contribution in [1.82, 2.24) is 5.32 Å². The highest BCUT2D eigenvalue weighted by Gasteiger charge is 2.26. The van der Waals surface area contributed by atoms with Crippen molar-refractivity contribution in [2.24, 2.45) is 11.8 Å². The van der Waals surface area contributed by atoms with Crippen LogP contribution in [0.2, 0.25) is 0 Å². The molecular weight excluding hydrogens is 266 g/mol. The molecule has 0 bridgehead atoms. The van der Waals surface area contributed by atoms with E-state index in [0.717, 1.165) is 32.1 Å². The van der Waals surface area contributed by atoms with Crippen molar-refractivity contribution in [3.8, 4) is 0 Å². The van der Waals surface area contributed by atoms with E-state index >= 15 is 0 Å². The molecule has 1 saturated carbocycles. The molecule has 0 aromatic rings. The summed E-state index contributed by atoms with van der Waals surface area (Å²) in [5, 5.41) is 12.4. The molecule has 0 aliphatic heterocycles. The molecule has 21 heavy (non-hydrogen) atoms. The first-order chi connectivity index (χ1) is 10.0. The van der Waals surface area contributed by atoms with Crippen LogP contribution in [0.15, 0.2) is 0 Å². The van der Waals surface area contributed by atoms with E-state index in [-0.39, 0.29) is 11.8 Å². The molecule has 0 unspecified atom stereocenters. The fourth-order valence-corrected chi connectivity index (χ4v) is 3.23. The fourth-order valence-electron chi connectivity index (χ4n) is 3.23. The second-order valence-electron chi connectivity index (χ2n) is 6.52. The van der Waals surface area contributed by atoms with Gasteiger partial charge < -0.3 is 10.4 Å². The van der Waals surface area contributed by atoms with Crippen LogP contribution >= 0.6 is 0 Å². The Morgan fingerprint density at radius 2 is 1.86 bits per heavy atom. The number of hydrogen-bond donors (Lipinski definition) is 2. The number of carbonyl (C=O) groups is 2. The van der Waals surface area contributed by atoms with Crippen LogP contribution in [0.1, 0.15) is 78.1 Å². The van der Waals surface area contributed by atoms with Gasteiger partial charge in [0.25, 0.3) is 0 Å². The van der Waals surface area contributed by atoms with Crippen molar-refractivity contribution < 1.29 is 14.7 Å². The summed E-state index contributed by atoms with van der Waals surface area (Å²) in [6.07, 6.45) is 9.88. The van der Waals surface area contributed by atoms with E-state index in [1.165, 1.54) is 19.3 Å². The van der Waals surface area contributed by atoms with Gasteiger partial charge in [0.1, 0.15) is 0 Å². The summed E-state index contributed by atoms with van der Waals surface area (Å²) >= 11 is 0. The average Bonchev–Trinajstić information content (AvgIpc) is 2.44. The summed E-state index contributed by atoms with van der Waals surface area (Å²) in [6, 6.07) is 0.307. The van der Waals surface area contributed by atoms with Crippen LogP contribution in [0.5, 0.6) is 0 Å².